The molecule has 0 bridgehead atoms. The van der Waals surface area contributed by atoms with E-state index < -0.39 is 17.6 Å². The van der Waals surface area contributed by atoms with Crippen molar-refractivity contribution in [2.24, 2.45) is 5.92 Å². The third-order valence-electron chi connectivity index (χ3n) is 2.28. The Balaban J connectivity index is 2.73. The molecular weight excluding hydrogens is 248 g/mol. The van der Waals surface area contributed by atoms with Crippen molar-refractivity contribution in [3.05, 3.63) is 35.1 Å². The normalized spacial score (nSPS) is 13.1. The van der Waals surface area contributed by atoms with Crippen molar-refractivity contribution in [2.45, 2.75) is 19.6 Å². The fourth-order valence-corrected chi connectivity index (χ4v) is 1.39. The van der Waals surface area contributed by atoms with Gasteiger partial charge in [0.15, 0.2) is 0 Å². The quantitative estimate of drug-likeness (QED) is 0.844. The Morgan fingerprint density at radius 2 is 2.00 bits per heavy atom. The number of benzene rings is 1. The van der Waals surface area contributed by atoms with Crippen LogP contribution in [0.3, 0.4) is 0 Å². The molecule has 1 unspecified atom stereocenters. The molecule has 0 heterocycles. The van der Waals surface area contributed by atoms with Crippen LogP contribution in [0.1, 0.15) is 18.1 Å². The lowest BCUT2D eigenvalue weighted by atomic mass is 10.1. The Morgan fingerprint density at radius 3 is 2.56 bits per heavy atom. The predicted molar refractivity (Wildman–Crippen MR) is 57.9 cm³/mol. The van der Waals surface area contributed by atoms with E-state index in [4.69, 9.17) is 5.26 Å². The average Bonchev–Trinajstić information content (AvgIpc) is 2.27. The second kappa shape index (κ2) is 5.83. The second-order valence-corrected chi connectivity index (χ2v) is 4.01. The number of hydrogen-bond donors (Lipinski definition) is 1. The van der Waals surface area contributed by atoms with Gasteiger partial charge in [0, 0.05) is 13.1 Å². The Labute approximate surface area is 102 Å². The van der Waals surface area contributed by atoms with Gasteiger partial charge in [-0.3, -0.25) is 0 Å². The van der Waals surface area contributed by atoms with Crippen LogP contribution in [-0.2, 0) is 12.7 Å². The molecule has 0 spiro atoms. The standard InChI is InChI=1S/C12H12F4N2/c1-8(5-17)6-18-7-9-2-10(12(14,15)16)4-11(13)3-9/h2-4,8,18H,6-7H2,1H3. The number of nitrogens with zero attached hydrogens (tertiary/aromatic N) is 1. The van der Waals surface area contributed by atoms with Crippen molar-refractivity contribution < 1.29 is 17.6 Å². The fourth-order valence-electron chi connectivity index (χ4n) is 1.39. The molecule has 0 aliphatic carbocycles. The molecule has 1 atom stereocenters. The predicted octanol–water partition coefficient (Wildman–Crippen LogP) is 3.09. The molecule has 0 radical (unpaired) electrons. The Hall–Kier alpha value is -1.61. The van der Waals surface area contributed by atoms with Gasteiger partial charge in [-0.2, -0.15) is 18.4 Å². The smallest absolute Gasteiger partial charge is 0.311 e. The molecule has 1 aromatic carbocycles. The number of hydrogen-bond acceptors (Lipinski definition) is 2. The number of rotatable bonds is 4. The van der Waals surface area contributed by atoms with Crippen LogP contribution in [0, 0.1) is 23.1 Å². The summed E-state index contributed by atoms with van der Waals surface area (Å²) in [6.07, 6.45) is -4.56. The summed E-state index contributed by atoms with van der Waals surface area (Å²) in [4.78, 5) is 0. The molecule has 18 heavy (non-hydrogen) atoms. The first-order valence-corrected chi connectivity index (χ1v) is 5.30. The lowest BCUT2D eigenvalue weighted by Gasteiger charge is -2.10. The lowest BCUT2D eigenvalue weighted by molar-refractivity contribution is -0.137. The Morgan fingerprint density at radius 1 is 1.33 bits per heavy atom. The van der Waals surface area contributed by atoms with Crippen LogP contribution in [0.2, 0.25) is 0 Å². The molecule has 1 aromatic rings. The molecular formula is C12H12F4N2. The van der Waals surface area contributed by atoms with Crippen molar-refractivity contribution in [1.29, 1.82) is 5.26 Å². The van der Waals surface area contributed by atoms with Gasteiger partial charge in [-0.05, 0) is 30.7 Å². The van der Waals surface area contributed by atoms with E-state index in [2.05, 4.69) is 5.32 Å². The minimum Gasteiger partial charge on any atom is -0.311 e. The van der Waals surface area contributed by atoms with Gasteiger partial charge in [0.05, 0.1) is 17.6 Å². The molecule has 1 N–H and O–H groups in total. The molecule has 6 heteroatoms. The van der Waals surface area contributed by atoms with Gasteiger partial charge in [0.1, 0.15) is 5.82 Å². The monoisotopic (exact) mass is 260 g/mol. The molecule has 0 aromatic heterocycles. The van der Waals surface area contributed by atoms with E-state index in [0.717, 1.165) is 12.1 Å². The first-order chi connectivity index (χ1) is 8.32. The zero-order valence-electron chi connectivity index (χ0n) is 9.68. The molecule has 98 valence electrons. The van der Waals surface area contributed by atoms with Gasteiger partial charge < -0.3 is 5.32 Å². The van der Waals surface area contributed by atoms with Crippen LogP contribution in [-0.4, -0.2) is 6.54 Å². The van der Waals surface area contributed by atoms with Gasteiger partial charge in [0.2, 0.25) is 0 Å². The highest BCUT2D eigenvalue weighted by atomic mass is 19.4. The molecule has 0 amide bonds. The molecule has 0 saturated carbocycles. The summed E-state index contributed by atoms with van der Waals surface area (Å²) in [5, 5.41) is 11.3. The van der Waals surface area contributed by atoms with Crippen molar-refractivity contribution in [2.75, 3.05) is 6.54 Å². The minimum absolute atomic E-state index is 0.0901. The minimum atomic E-state index is -4.56. The summed E-state index contributed by atoms with van der Waals surface area (Å²) in [7, 11) is 0. The molecule has 0 aliphatic rings. The Kier molecular flexibility index (Phi) is 4.68. The highest BCUT2D eigenvalue weighted by molar-refractivity contribution is 5.26. The van der Waals surface area contributed by atoms with E-state index >= 15 is 0 Å². The zero-order valence-corrected chi connectivity index (χ0v) is 9.68. The molecule has 2 nitrogen and oxygen atoms in total. The van der Waals surface area contributed by atoms with Crippen LogP contribution in [0.25, 0.3) is 0 Å². The van der Waals surface area contributed by atoms with Crippen LogP contribution in [0.5, 0.6) is 0 Å². The fraction of sp³-hybridized carbons (Fsp3) is 0.417. The second-order valence-electron chi connectivity index (χ2n) is 4.01. The maximum absolute atomic E-state index is 13.0. The van der Waals surface area contributed by atoms with E-state index in [1.165, 1.54) is 0 Å². The summed E-state index contributed by atoms with van der Waals surface area (Å²) in [6.45, 7) is 2.11. The molecule has 0 saturated heterocycles. The number of nitrogens with one attached hydrogen (secondary N) is 1. The van der Waals surface area contributed by atoms with E-state index in [-0.39, 0.29) is 18.0 Å². The van der Waals surface area contributed by atoms with E-state index in [1.807, 2.05) is 6.07 Å². The Bertz CT molecular complexity index is 448. The molecule has 1 rings (SSSR count). The summed E-state index contributed by atoms with van der Waals surface area (Å²) >= 11 is 0. The third kappa shape index (κ3) is 4.34. The highest BCUT2D eigenvalue weighted by Gasteiger charge is 2.31. The topological polar surface area (TPSA) is 35.8 Å². The van der Waals surface area contributed by atoms with Crippen LogP contribution in [0.15, 0.2) is 18.2 Å². The van der Waals surface area contributed by atoms with E-state index in [1.54, 1.807) is 6.92 Å². The van der Waals surface area contributed by atoms with E-state index in [9.17, 15) is 17.6 Å². The maximum Gasteiger partial charge on any atom is 0.416 e. The number of halogens is 4. The van der Waals surface area contributed by atoms with Crippen molar-refractivity contribution in [3.8, 4) is 6.07 Å². The first-order valence-electron chi connectivity index (χ1n) is 5.30. The summed E-state index contributed by atoms with van der Waals surface area (Å²) in [5.41, 5.74) is -0.805. The SMILES string of the molecule is CC(C#N)CNCc1cc(F)cc(C(F)(F)F)c1. The van der Waals surface area contributed by atoms with Gasteiger partial charge in [-0.25, -0.2) is 4.39 Å². The van der Waals surface area contributed by atoms with Crippen molar-refractivity contribution in [3.63, 3.8) is 0 Å². The number of nitriles is 1. The highest BCUT2D eigenvalue weighted by Crippen LogP contribution is 2.30. The van der Waals surface area contributed by atoms with E-state index in [0.29, 0.717) is 12.6 Å². The first kappa shape index (κ1) is 14.5. The van der Waals surface area contributed by atoms with Gasteiger partial charge in [0.25, 0.3) is 0 Å². The maximum atomic E-state index is 13.0. The molecule has 0 aliphatic heterocycles. The number of alkyl halides is 3. The summed E-state index contributed by atoms with van der Waals surface area (Å²) in [5.74, 6) is -1.17. The molecule has 0 fully saturated rings. The van der Waals surface area contributed by atoms with Gasteiger partial charge in [-0.1, -0.05) is 0 Å². The summed E-state index contributed by atoms with van der Waals surface area (Å²) < 4.78 is 50.3. The van der Waals surface area contributed by atoms with Crippen molar-refractivity contribution >= 4 is 0 Å². The lowest BCUT2D eigenvalue weighted by Crippen LogP contribution is -2.20. The van der Waals surface area contributed by atoms with Crippen LogP contribution in [0.4, 0.5) is 17.6 Å². The van der Waals surface area contributed by atoms with Crippen LogP contribution < -0.4 is 5.32 Å². The van der Waals surface area contributed by atoms with Crippen LogP contribution >= 0.6 is 0 Å². The summed E-state index contributed by atoms with van der Waals surface area (Å²) in [6, 6.07) is 4.38. The van der Waals surface area contributed by atoms with Gasteiger partial charge in [-0.15, -0.1) is 0 Å². The van der Waals surface area contributed by atoms with Gasteiger partial charge >= 0.3 is 6.18 Å². The third-order valence-corrected chi connectivity index (χ3v) is 2.28. The zero-order chi connectivity index (χ0) is 13.8. The average molecular weight is 260 g/mol. The largest absolute Gasteiger partial charge is 0.416 e. The van der Waals surface area contributed by atoms with Crippen molar-refractivity contribution in [1.82, 2.24) is 5.32 Å².